The molecule has 1 heterocycles. The lowest BCUT2D eigenvalue weighted by molar-refractivity contribution is 0.0540. The first kappa shape index (κ1) is 15.4. The predicted octanol–water partition coefficient (Wildman–Crippen LogP) is 4.39. The van der Waals surface area contributed by atoms with Gasteiger partial charge in [-0.25, -0.2) is 9.36 Å². The second-order valence-electron chi connectivity index (χ2n) is 6.13. The van der Waals surface area contributed by atoms with Crippen LogP contribution in [-0.2, 0) is 11.2 Å². The van der Waals surface area contributed by atoms with Crippen molar-refractivity contribution in [2.75, 3.05) is 7.11 Å². The summed E-state index contributed by atoms with van der Waals surface area (Å²) in [6.45, 7) is 7.72. The van der Waals surface area contributed by atoms with Crippen molar-refractivity contribution in [1.29, 1.82) is 0 Å². The van der Waals surface area contributed by atoms with Crippen LogP contribution in [0.25, 0.3) is 10.9 Å². The normalized spacial score (nSPS) is 11.7. The Balaban J connectivity index is 2.53. The highest BCUT2D eigenvalue weighted by atomic mass is 16.6. The number of benzene rings is 1. The van der Waals surface area contributed by atoms with Crippen molar-refractivity contribution in [3.63, 3.8) is 0 Å². The number of ether oxygens (including phenoxy) is 2. The van der Waals surface area contributed by atoms with E-state index in [1.54, 1.807) is 11.7 Å². The van der Waals surface area contributed by atoms with Crippen LogP contribution in [0.4, 0.5) is 4.79 Å². The summed E-state index contributed by atoms with van der Waals surface area (Å²) in [5, 5.41) is 0.989. The third-order valence-electron chi connectivity index (χ3n) is 3.17. The quantitative estimate of drug-likeness (QED) is 0.841. The molecule has 0 bridgehead atoms. The minimum absolute atomic E-state index is 0.328. The first-order valence-corrected chi connectivity index (χ1v) is 7.27. The summed E-state index contributed by atoms with van der Waals surface area (Å²) in [5.74, 6) is 0.784. The summed E-state index contributed by atoms with van der Waals surface area (Å²) in [5.41, 5.74) is 1.31. The van der Waals surface area contributed by atoms with E-state index in [1.165, 1.54) is 0 Å². The number of nitrogens with zero attached hydrogens (tertiary/aromatic N) is 1. The molecule has 0 unspecified atom stereocenters. The van der Waals surface area contributed by atoms with Crippen LogP contribution in [-0.4, -0.2) is 23.4 Å². The van der Waals surface area contributed by atoms with Gasteiger partial charge in [-0.2, -0.15) is 0 Å². The molecule has 1 aromatic heterocycles. The second-order valence-corrected chi connectivity index (χ2v) is 6.13. The Hall–Kier alpha value is -1.97. The molecule has 4 nitrogen and oxygen atoms in total. The maximum Gasteiger partial charge on any atom is 0.419 e. The van der Waals surface area contributed by atoms with Crippen molar-refractivity contribution >= 4 is 17.0 Å². The molecule has 21 heavy (non-hydrogen) atoms. The number of hydrogen-bond donors (Lipinski definition) is 0. The van der Waals surface area contributed by atoms with E-state index >= 15 is 0 Å². The van der Waals surface area contributed by atoms with Crippen molar-refractivity contribution in [2.45, 2.75) is 46.1 Å². The highest BCUT2D eigenvalue weighted by Crippen LogP contribution is 2.26. The van der Waals surface area contributed by atoms with E-state index in [4.69, 9.17) is 9.47 Å². The third-order valence-corrected chi connectivity index (χ3v) is 3.17. The van der Waals surface area contributed by atoms with Crippen molar-refractivity contribution in [1.82, 2.24) is 4.57 Å². The van der Waals surface area contributed by atoms with E-state index < -0.39 is 5.60 Å². The number of rotatable bonds is 3. The van der Waals surface area contributed by atoms with Gasteiger partial charge >= 0.3 is 6.09 Å². The smallest absolute Gasteiger partial charge is 0.419 e. The molecule has 0 aliphatic rings. The molecule has 0 aliphatic carbocycles. The summed E-state index contributed by atoms with van der Waals surface area (Å²) in [7, 11) is 1.64. The molecule has 0 radical (unpaired) electrons. The number of hydrogen-bond acceptors (Lipinski definition) is 3. The first-order chi connectivity index (χ1) is 9.85. The zero-order valence-corrected chi connectivity index (χ0v) is 13.4. The fourth-order valence-corrected chi connectivity index (χ4v) is 2.34. The van der Waals surface area contributed by atoms with E-state index in [0.717, 1.165) is 35.2 Å². The average Bonchev–Trinajstić information content (AvgIpc) is 2.73. The SMILES string of the molecule is CCCc1cc2cc(OC)ccc2n1C(=O)OC(C)(C)C. The highest BCUT2D eigenvalue weighted by molar-refractivity contribution is 5.91. The molecule has 4 heteroatoms. The summed E-state index contributed by atoms with van der Waals surface area (Å²) in [6, 6.07) is 7.73. The van der Waals surface area contributed by atoms with Crippen LogP contribution >= 0.6 is 0 Å². The maximum atomic E-state index is 12.5. The molecule has 0 N–H and O–H groups in total. The van der Waals surface area contributed by atoms with Gasteiger partial charge in [-0.15, -0.1) is 0 Å². The van der Waals surface area contributed by atoms with Crippen molar-refractivity contribution in [3.8, 4) is 5.75 Å². The van der Waals surface area contributed by atoms with Crippen LogP contribution in [0.5, 0.6) is 5.75 Å². The lowest BCUT2D eigenvalue weighted by Crippen LogP contribution is -2.28. The van der Waals surface area contributed by atoms with Crippen LogP contribution in [0, 0.1) is 0 Å². The van der Waals surface area contributed by atoms with Crippen molar-refractivity contribution in [2.24, 2.45) is 0 Å². The third kappa shape index (κ3) is 3.38. The zero-order chi connectivity index (χ0) is 15.6. The van der Waals surface area contributed by atoms with Crippen LogP contribution in [0.3, 0.4) is 0 Å². The minimum Gasteiger partial charge on any atom is -0.497 e. The van der Waals surface area contributed by atoms with Crippen LogP contribution < -0.4 is 4.74 Å². The van der Waals surface area contributed by atoms with E-state index in [0.29, 0.717) is 0 Å². The molecular formula is C17H23NO3. The van der Waals surface area contributed by atoms with Gasteiger partial charge in [0, 0.05) is 11.1 Å². The lowest BCUT2D eigenvalue weighted by atomic mass is 10.2. The van der Waals surface area contributed by atoms with Crippen molar-refractivity contribution in [3.05, 3.63) is 30.0 Å². The van der Waals surface area contributed by atoms with Gasteiger partial charge in [0.15, 0.2) is 0 Å². The molecule has 0 atom stereocenters. The summed E-state index contributed by atoms with van der Waals surface area (Å²) >= 11 is 0. The number of aromatic nitrogens is 1. The molecule has 114 valence electrons. The fourth-order valence-electron chi connectivity index (χ4n) is 2.34. The van der Waals surface area contributed by atoms with Gasteiger partial charge in [-0.05, 0) is 51.5 Å². The van der Waals surface area contributed by atoms with Crippen LogP contribution in [0.15, 0.2) is 24.3 Å². The summed E-state index contributed by atoms with van der Waals surface area (Å²) in [6.07, 6.45) is 1.47. The summed E-state index contributed by atoms with van der Waals surface area (Å²) in [4.78, 5) is 12.5. The van der Waals surface area contributed by atoms with Gasteiger partial charge in [0.2, 0.25) is 0 Å². The molecule has 2 aromatic rings. The van der Waals surface area contributed by atoms with Gasteiger partial charge in [0.05, 0.1) is 12.6 Å². The van der Waals surface area contributed by atoms with E-state index in [9.17, 15) is 4.79 Å². The number of fused-ring (bicyclic) bond motifs is 1. The van der Waals surface area contributed by atoms with E-state index in [-0.39, 0.29) is 6.09 Å². The Morgan fingerprint density at radius 1 is 1.24 bits per heavy atom. The Labute approximate surface area is 125 Å². The molecular weight excluding hydrogens is 266 g/mol. The molecule has 0 saturated heterocycles. The number of carbonyl (C=O) groups is 1. The van der Waals surface area contributed by atoms with Crippen LogP contribution in [0.2, 0.25) is 0 Å². The standard InChI is InChI=1S/C17H23NO3/c1-6-7-13-10-12-11-14(20-5)8-9-15(12)18(13)16(19)21-17(2,3)4/h8-11H,6-7H2,1-5H3. The Morgan fingerprint density at radius 2 is 1.95 bits per heavy atom. The molecule has 0 aliphatic heterocycles. The Kier molecular flexibility index (Phi) is 4.26. The Morgan fingerprint density at radius 3 is 2.52 bits per heavy atom. The van der Waals surface area contributed by atoms with Gasteiger partial charge in [0.25, 0.3) is 0 Å². The zero-order valence-electron chi connectivity index (χ0n) is 13.4. The van der Waals surface area contributed by atoms with E-state index in [2.05, 4.69) is 6.92 Å². The highest BCUT2D eigenvalue weighted by Gasteiger charge is 2.21. The topological polar surface area (TPSA) is 40.5 Å². The number of aryl methyl sites for hydroxylation is 1. The lowest BCUT2D eigenvalue weighted by Gasteiger charge is -2.21. The number of methoxy groups -OCH3 is 1. The monoisotopic (exact) mass is 289 g/mol. The molecule has 0 spiro atoms. The molecule has 0 amide bonds. The minimum atomic E-state index is -0.510. The summed E-state index contributed by atoms with van der Waals surface area (Å²) < 4.78 is 12.4. The van der Waals surface area contributed by atoms with Gasteiger partial charge in [-0.1, -0.05) is 13.3 Å². The van der Waals surface area contributed by atoms with Crippen molar-refractivity contribution < 1.29 is 14.3 Å². The average molecular weight is 289 g/mol. The molecule has 2 rings (SSSR count). The maximum absolute atomic E-state index is 12.5. The second kappa shape index (κ2) is 5.80. The largest absolute Gasteiger partial charge is 0.497 e. The first-order valence-electron chi connectivity index (χ1n) is 7.27. The van der Waals surface area contributed by atoms with E-state index in [1.807, 2.05) is 45.0 Å². The Bertz CT molecular complexity index is 650. The fraction of sp³-hybridized carbons (Fsp3) is 0.471. The molecule has 1 aromatic carbocycles. The van der Waals surface area contributed by atoms with Gasteiger partial charge in [0.1, 0.15) is 11.4 Å². The molecule has 0 saturated carbocycles. The van der Waals surface area contributed by atoms with Crippen LogP contribution in [0.1, 0.15) is 39.8 Å². The molecule has 0 fully saturated rings. The van der Waals surface area contributed by atoms with Gasteiger partial charge in [-0.3, -0.25) is 0 Å². The number of carbonyl (C=O) groups excluding carboxylic acids is 1. The van der Waals surface area contributed by atoms with Gasteiger partial charge < -0.3 is 9.47 Å². The predicted molar refractivity (Wildman–Crippen MR) is 84.1 cm³/mol.